The average Bonchev–Trinajstić information content (AvgIpc) is 1.69. The molecule has 0 amide bonds. The molecule has 1 fully saturated rings. The predicted molar refractivity (Wildman–Crippen MR) is 33.7 cm³/mol. The van der Waals surface area contributed by atoms with Gasteiger partial charge < -0.3 is 0 Å². The second-order valence-electron chi connectivity index (χ2n) is 1.32. The van der Waals surface area contributed by atoms with Crippen LogP contribution in [0.3, 0.4) is 0 Å². The van der Waals surface area contributed by atoms with E-state index < -0.39 is 0 Å². The van der Waals surface area contributed by atoms with Gasteiger partial charge in [-0.05, 0) is 0 Å². The van der Waals surface area contributed by atoms with E-state index in [2.05, 4.69) is 0 Å². The third kappa shape index (κ3) is 1.96. The summed E-state index contributed by atoms with van der Waals surface area (Å²) in [6.07, 6.45) is 0. The molecule has 1 N–H and O–H groups in total. The zero-order valence-corrected chi connectivity index (χ0v) is 7.36. The molecule has 0 aromatic heterocycles. The monoisotopic (exact) mass is 229 g/mol. The van der Waals surface area contributed by atoms with Crippen molar-refractivity contribution in [2.45, 2.75) is 16.0 Å². The van der Waals surface area contributed by atoms with Gasteiger partial charge in [-0.2, -0.15) is 0 Å². The van der Waals surface area contributed by atoms with E-state index in [0.717, 1.165) is 24.9 Å². The van der Waals surface area contributed by atoms with Crippen molar-refractivity contribution in [1.82, 2.24) is 0 Å². The Labute approximate surface area is 56.1 Å². The van der Waals surface area contributed by atoms with Gasteiger partial charge in [-0.3, -0.25) is 0 Å². The average molecular weight is 227 g/mol. The number of rotatable bonds is 0. The van der Waals surface area contributed by atoms with Crippen LogP contribution in [0.2, 0.25) is 16.0 Å². The molecule has 1 saturated heterocycles. The summed E-state index contributed by atoms with van der Waals surface area (Å²) in [4.78, 5) is 0. The van der Waals surface area contributed by atoms with Crippen molar-refractivity contribution >= 4 is 34.5 Å². The molecule has 7 heavy (non-hydrogen) atoms. The molecule has 0 aromatic rings. The molecule has 1 aliphatic heterocycles. The van der Waals surface area contributed by atoms with E-state index in [4.69, 9.17) is 5.41 Å². The fourth-order valence-electron chi connectivity index (χ4n) is 0.430. The second-order valence-corrected chi connectivity index (χ2v) is 6.14. The quantitative estimate of drug-likeness (QED) is 0.587. The van der Waals surface area contributed by atoms with Crippen LogP contribution in [0.25, 0.3) is 0 Å². The summed E-state index contributed by atoms with van der Waals surface area (Å²) < 4.78 is 1.05. The summed E-state index contributed by atoms with van der Waals surface area (Å²) >= 11 is 1.43. The third-order valence-electron chi connectivity index (χ3n) is 0.737. The Morgan fingerprint density at radius 3 is 2.57 bits per heavy atom. The molecule has 0 unspecified atom stereocenters. The molecule has 1 rings (SSSR count). The summed E-state index contributed by atoms with van der Waals surface area (Å²) in [6.45, 7) is 0. The van der Waals surface area contributed by atoms with Crippen LogP contribution in [0, 0.1) is 5.41 Å². The molecule has 0 bridgehead atoms. The SMILES string of the molecule is N=C1C[Se]CC[Se]1. The van der Waals surface area contributed by atoms with E-state index in [1.54, 1.807) is 0 Å². The summed E-state index contributed by atoms with van der Waals surface area (Å²) in [5.41, 5.74) is 0. The van der Waals surface area contributed by atoms with Gasteiger partial charge in [0, 0.05) is 0 Å². The van der Waals surface area contributed by atoms with E-state index in [1.165, 1.54) is 10.6 Å². The van der Waals surface area contributed by atoms with E-state index >= 15 is 0 Å². The van der Waals surface area contributed by atoms with Gasteiger partial charge in [-0.15, -0.1) is 0 Å². The van der Waals surface area contributed by atoms with Crippen LogP contribution in [0.4, 0.5) is 0 Å². The summed E-state index contributed by atoms with van der Waals surface area (Å²) in [5, 5.41) is 11.2. The zero-order valence-electron chi connectivity index (χ0n) is 3.94. The maximum atomic E-state index is 7.23. The van der Waals surface area contributed by atoms with Crippen LogP contribution in [0.5, 0.6) is 0 Å². The van der Waals surface area contributed by atoms with E-state index in [1.807, 2.05) is 0 Å². The van der Waals surface area contributed by atoms with Gasteiger partial charge >= 0.3 is 55.9 Å². The fraction of sp³-hybridized carbons (Fsp3) is 0.750. The predicted octanol–water partition coefficient (Wildman–Crippen LogP) is 0.641. The van der Waals surface area contributed by atoms with E-state index in [0.29, 0.717) is 15.0 Å². The van der Waals surface area contributed by atoms with Gasteiger partial charge in [0.1, 0.15) is 0 Å². The number of nitrogens with one attached hydrogen (secondary N) is 1. The number of hydrogen-bond acceptors (Lipinski definition) is 1. The van der Waals surface area contributed by atoms with E-state index in [-0.39, 0.29) is 0 Å². The van der Waals surface area contributed by atoms with Gasteiger partial charge in [-0.1, -0.05) is 0 Å². The van der Waals surface area contributed by atoms with Crippen LogP contribution >= 0.6 is 0 Å². The molecule has 0 saturated carbocycles. The Bertz CT molecular complexity index is 73.8. The molecule has 0 radical (unpaired) electrons. The molecule has 0 aliphatic carbocycles. The topological polar surface area (TPSA) is 23.9 Å². The Morgan fingerprint density at radius 2 is 2.29 bits per heavy atom. The van der Waals surface area contributed by atoms with E-state index in [9.17, 15) is 0 Å². The van der Waals surface area contributed by atoms with Gasteiger partial charge in [0.15, 0.2) is 0 Å². The molecule has 40 valence electrons. The summed E-state index contributed by atoms with van der Waals surface area (Å²) in [6, 6.07) is 0. The molecule has 0 atom stereocenters. The van der Waals surface area contributed by atoms with Crippen molar-refractivity contribution in [2.75, 3.05) is 0 Å². The first-order chi connectivity index (χ1) is 3.39. The van der Waals surface area contributed by atoms with Crippen molar-refractivity contribution in [3.63, 3.8) is 0 Å². The Kier molecular flexibility index (Phi) is 2.40. The first kappa shape index (κ1) is 5.84. The van der Waals surface area contributed by atoms with Gasteiger partial charge in [0.25, 0.3) is 0 Å². The van der Waals surface area contributed by atoms with Crippen LogP contribution in [-0.4, -0.2) is 34.5 Å². The minimum atomic E-state index is 0.611. The zero-order chi connectivity index (χ0) is 5.11. The maximum absolute atomic E-state index is 7.23. The van der Waals surface area contributed by atoms with Crippen LogP contribution in [-0.2, 0) is 0 Å². The van der Waals surface area contributed by atoms with Crippen molar-refractivity contribution < 1.29 is 0 Å². The van der Waals surface area contributed by atoms with Gasteiger partial charge in [-0.25, -0.2) is 0 Å². The molecule has 3 heteroatoms. The number of hydrogen-bond donors (Lipinski definition) is 1. The van der Waals surface area contributed by atoms with Gasteiger partial charge in [0.2, 0.25) is 0 Å². The van der Waals surface area contributed by atoms with Crippen molar-refractivity contribution in [1.29, 1.82) is 5.41 Å². The Hall–Kier alpha value is 0.709. The van der Waals surface area contributed by atoms with Crippen LogP contribution < -0.4 is 0 Å². The molecule has 1 heterocycles. The molecule has 1 nitrogen and oxygen atoms in total. The second kappa shape index (κ2) is 2.88. The minimum absolute atomic E-state index is 0.611. The van der Waals surface area contributed by atoms with Crippen molar-refractivity contribution in [2.24, 2.45) is 0 Å². The first-order valence-corrected chi connectivity index (χ1v) is 6.66. The van der Waals surface area contributed by atoms with Crippen molar-refractivity contribution in [3.05, 3.63) is 0 Å². The third-order valence-corrected chi connectivity index (χ3v) is 6.93. The normalized spacial score (nSPS) is 22.6. The molecular weight excluding hydrogens is 220 g/mol. The Balaban J connectivity index is 2.25. The fourth-order valence-corrected chi connectivity index (χ4v) is 6.25. The molecular formula is C4H7NSe2. The van der Waals surface area contributed by atoms with Crippen molar-refractivity contribution in [3.8, 4) is 0 Å². The van der Waals surface area contributed by atoms with Gasteiger partial charge in [0.05, 0.1) is 0 Å². The molecule has 0 aromatic carbocycles. The Morgan fingerprint density at radius 1 is 1.43 bits per heavy atom. The van der Waals surface area contributed by atoms with Crippen LogP contribution in [0.15, 0.2) is 0 Å². The summed E-state index contributed by atoms with van der Waals surface area (Å²) in [5.74, 6) is 0. The molecule has 0 spiro atoms. The molecule has 1 aliphatic rings. The first-order valence-electron chi connectivity index (χ1n) is 2.17. The summed E-state index contributed by atoms with van der Waals surface area (Å²) in [7, 11) is 0. The standard InChI is InChI=1S/C4H7NSe2/c5-4-3-6-1-2-7-4/h5H,1-3H2. The van der Waals surface area contributed by atoms with Crippen LogP contribution in [0.1, 0.15) is 0 Å².